The zero-order chi connectivity index (χ0) is 16.6. The average molecular weight is 357 g/mol. The minimum Gasteiger partial charge on any atom is -0.336 e. The van der Waals surface area contributed by atoms with Crippen molar-refractivity contribution in [1.82, 2.24) is 19.0 Å². The van der Waals surface area contributed by atoms with E-state index >= 15 is 0 Å². The molecule has 3 rings (SSSR count). The number of piperidine rings is 1. The highest BCUT2D eigenvalue weighted by Crippen LogP contribution is 2.21. The number of pyridine rings is 1. The Kier molecular flexibility index (Phi) is 4.31. The van der Waals surface area contributed by atoms with E-state index in [4.69, 9.17) is 11.6 Å². The molecule has 1 fully saturated rings. The second kappa shape index (κ2) is 6.10. The first-order chi connectivity index (χ1) is 10.8. The van der Waals surface area contributed by atoms with Crippen molar-refractivity contribution >= 4 is 33.2 Å². The molecule has 9 heteroatoms. The molecule has 0 bridgehead atoms. The van der Waals surface area contributed by atoms with Crippen LogP contribution in [0.25, 0.3) is 5.65 Å². The van der Waals surface area contributed by atoms with E-state index in [1.807, 2.05) is 6.07 Å². The van der Waals surface area contributed by atoms with Gasteiger partial charge in [0.2, 0.25) is 10.0 Å². The van der Waals surface area contributed by atoms with Gasteiger partial charge in [-0.05, 0) is 25.0 Å². The molecular formula is C14H17ClN4O3S. The summed E-state index contributed by atoms with van der Waals surface area (Å²) >= 11 is 6.13. The van der Waals surface area contributed by atoms with Gasteiger partial charge in [-0.2, -0.15) is 0 Å². The Hall–Kier alpha value is -1.64. The Morgan fingerprint density at radius 3 is 2.96 bits per heavy atom. The lowest BCUT2D eigenvalue weighted by atomic mass is 10.1. The van der Waals surface area contributed by atoms with Gasteiger partial charge in [0, 0.05) is 25.3 Å². The van der Waals surface area contributed by atoms with Crippen LogP contribution in [0.1, 0.15) is 23.3 Å². The van der Waals surface area contributed by atoms with Crippen molar-refractivity contribution in [2.24, 2.45) is 0 Å². The molecule has 1 N–H and O–H groups in total. The maximum atomic E-state index is 12.8. The molecule has 0 aromatic carbocycles. The summed E-state index contributed by atoms with van der Waals surface area (Å²) in [5.41, 5.74) is 0.908. The van der Waals surface area contributed by atoms with Gasteiger partial charge in [0.15, 0.2) is 10.8 Å². The summed E-state index contributed by atoms with van der Waals surface area (Å²) in [4.78, 5) is 18.6. The van der Waals surface area contributed by atoms with Gasteiger partial charge in [-0.25, -0.2) is 18.1 Å². The number of likely N-dealkylation sites (tertiary alicyclic amines) is 1. The predicted octanol–water partition coefficient (Wildman–Crippen LogP) is 1.14. The Morgan fingerprint density at radius 1 is 1.43 bits per heavy atom. The highest BCUT2D eigenvalue weighted by atomic mass is 35.5. The topological polar surface area (TPSA) is 83.8 Å². The van der Waals surface area contributed by atoms with Crippen LogP contribution in [0, 0.1) is 0 Å². The summed E-state index contributed by atoms with van der Waals surface area (Å²) in [6.45, 7) is 0.888. The molecule has 1 aliphatic heterocycles. The Bertz CT molecular complexity index is 849. The van der Waals surface area contributed by atoms with Crippen LogP contribution in [0.5, 0.6) is 0 Å². The molecule has 0 radical (unpaired) electrons. The predicted molar refractivity (Wildman–Crippen MR) is 87.1 cm³/mol. The second-order valence-electron chi connectivity index (χ2n) is 5.66. The van der Waals surface area contributed by atoms with Gasteiger partial charge >= 0.3 is 0 Å². The second-order valence-corrected chi connectivity index (χ2v) is 7.80. The first kappa shape index (κ1) is 16.2. The molecule has 0 aliphatic carbocycles. The number of halogens is 1. The van der Waals surface area contributed by atoms with Gasteiger partial charge in [0.1, 0.15) is 5.65 Å². The summed E-state index contributed by atoms with van der Waals surface area (Å²) in [5.74, 6) is -0.242. The van der Waals surface area contributed by atoms with Crippen LogP contribution in [-0.2, 0) is 10.0 Å². The van der Waals surface area contributed by atoms with E-state index < -0.39 is 10.0 Å². The normalized spacial score (nSPS) is 19.2. The zero-order valence-corrected chi connectivity index (χ0v) is 14.1. The fourth-order valence-electron chi connectivity index (χ4n) is 2.87. The molecular weight excluding hydrogens is 340 g/mol. The fraction of sp³-hybridized carbons (Fsp3) is 0.429. The van der Waals surface area contributed by atoms with Crippen LogP contribution in [0.3, 0.4) is 0 Å². The van der Waals surface area contributed by atoms with Crippen LogP contribution < -0.4 is 4.72 Å². The summed E-state index contributed by atoms with van der Waals surface area (Å²) < 4.78 is 27.0. The lowest BCUT2D eigenvalue weighted by molar-refractivity contribution is 0.0696. The number of nitrogens with zero attached hydrogens (tertiary/aromatic N) is 3. The highest BCUT2D eigenvalue weighted by Gasteiger charge is 2.29. The van der Waals surface area contributed by atoms with E-state index in [-0.39, 0.29) is 17.1 Å². The first-order valence-electron chi connectivity index (χ1n) is 7.24. The maximum Gasteiger partial charge on any atom is 0.274 e. The van der Waals surface area contributed by atoms with Gasteiger partial charge in [-0.15, -0.1) is 0 Å². The molecule has 1 atom stereocenters. The number of rotatable bonds is 3. The van der Waals surface area contributed by atoms with E-state index in [2.05, 4.69) is 9.71 Å². The molecule has 1 amide bonds. The van der Waals surface area contributed by atoms with Crippen molar-refractivity contribution in [1.29, 1.82) is 0 Å². The van der Waals surface area contributed by atoms with Crippen LogP contribution in [0.2, 0.25) is 5.15 Å². The highest BCUT2D eigenvalue weighted by molar-refractivity contribution is 7.88. The largest absolute Gasteiger partial charge is 0.336 e. The maximum absolute atomic E-state index is 12.8. The van der Waals surface area contributed by atoms with E-state index in [0.29, 0.717) is 30.9 Å². The van der Waals surface area contributed by atoms with E-state index in [9.17, 15) is 13.2 Å². The molecule has 3 heterocycles. The molecule has 0 spiro atoms. The van der Waals surface area contributed by atoms with Crippen LogP contribution in [0.15, 0.2) is 24.4 Å². The molecule has 2 aromatic rings. The minimum atomic E-state index is -3.30. The van der Waals surface area contributed by atoms with Gasteiger partial charge in [-0.1, -0.05) is 17.7 Å². The lowest BCUT2D eigenvalue weighted by Gasteiger charge is -2.32. The number of sulfonamides is 1. The summed E-state index contributed by atoms with van der Waals surface area (Å²) in [5, 5.41) is 0.152. The van der Waals surface area contributed by atoms with Gasteiger partial charge in [0.25, 0.3) is 5.91 Å². The number of carbonyl (C=O) groups excluding carboxylic acids is 1. The number of hydrogen-bond acceptors (Lipinski definition) is 4. The van der Waals surface area contributed by atoms with Crippen molar-refractivity contribution < 1.29 is 13.2 Å². The molecule has 23 heavy (non-hydrogen) atoms. The number of fused-ring (bicyclic) bond motifs is 1. The van der Waals surface area contributed by atoms with Crippen LogP contribution in [-0.4, -0.2) is 54.0 Å². The average Bonchev–Trinajstić information content (AvgIpc) is 2.81. The third-order valence-corrected chi connectivity index (χ3v) is 4.80. The summed E-state index contributed by atoms with van der Waals surface area (Å²) in [6.07, 6.45) is 4.29. The van der Waals surface area contributed by atoms with Crippen molar-refractivity contribution in [3.63, 3.8) is 0 Å². The van der Waals surface area contributed by atoms with Gasteiger partial charge in [0.05, 0.1) is 6.26 Å². The van der Waals surface area contributed by atoms with Crippen molar-refractivity contribution in [3.8, 4) is 0 Å². The van der Waals surface area contributed by atoms with Gasteiger partial charge in [-0.3, -0.25) is 9.20 Å². The first-order valence-corrected chi connectivity index (χ1v) is 9.51. The molecule has 124 valence electrons. The van der Waals surface area contributed by atoms with E-state index in [1.165, 1.54) is 0 Å². The molecule has 1 unspecified atom stereocenters. The number of hydrogen-bond donors (Lipinski definition) is 1. The Morgan fingerprint density at radius 2 is 2.22 bits per heavy atom. The number of imidazole rings is 1. The molecule has 1 aliphatic rings. The standard InChI is InChI=1S/C14H17ClN4O3S/c1-23(21,22)17-10-5-4-7-18(9-10)14(20)12-13(15)16-11-6-2-3-8-19(11)12/h2-3,6,8,10,17H,4-5,7,9H2,1H3. The molecule has 1 saturated heterocycles. The fourth-order valence-corrected chi connectivity index (χ4v) is 3.93. The number of aromatic nitrogens is 2. The van der Waals surface area contributed by atoms with Crippen molar-refractivity contribution in [3.05, 3.63) is 35.2 Å². The number of carbonyl (C=O) groups is 1. The van der Waals surface area contributed by atoms with Gasteiger partial charge < -0.3 is 4.90 Å². The van der Waals surface area contributed by atoms with E-state index in [0.717, 1.165) is 12.7 Å². The number of nitrogens with one attached hydrogen (secondary N) is 1. The van der Waals surface area contributed by atoms with Crippen molar-refractivity contribution in [2.45, 2.75) is 18.9 Å². The Balaban J connectivity index is 1.86. The lowest BCUT2D eigenvalue weighted by Crippen LogP contribution is -2.49. The quantitative estimate of drug-likeness (QED) is 0.893. The van der Waals surface area contributed by atoms with E-state index in [1.54, 1.807) is 27.6 Å². The molecule has 7 nitrogen and oxygen atoms in total. The zero-order valence-electron chi connectivity index (χ0n) is 12.6. The van der Waals surface area contributed by atoms with Crippen molar-refractivity contribution in [2.75, 3.05) is 19.3 Å². The molecule has 0 saturated carbocycles. The Labute approximate surface area is 139 Å². The summed E-state index contributed by atoms with van der Waals surface area (Å²) in [6, 6.07) is 5.11. The smallest absolute Gasteiger partial charge is 0.274 e. The molecule has 2 aromatic heterocycles. The van der Waals surface area contributed by atoms with Crippen LogP contribution >= 0.6 is 11.6 Å². The summed E-state index contributed by atoms with van der Waals surface area (Å²) in [7, 11) is -3.30. The number of amides is 1. The third-order valence-electron chi connectivity index (χ3n) is 3.78. The minimum absolute atomic E-state index is 0.152. The third kappa shape index (κ3) is 3.49. The van der Waals surface area contributed by atoms with Crippen LogP contribution in [0.4, 0.5) is 0 Å². The SMILES string of the molecule is CS(=O)(=O)NC1CCCN(C(=O)c2c(Cl)nc3ccccn23)C1. The monoisotopic (exact) mass is 356 g/mol.